The first-order valence-electron chi connectivity index (χ1n) is 7.69. The number of methoxy groups -OCH3 is 2. The van der Waals surface area contributed by atoms with Gasteiger partial charge < -0.3 is 14.4 Å². The third-order valence-electron chi connectivity index (χ3n) is 4.18. The molecule has 1 aliphatic rings. The molecule has 1 fully saturated rings. The number of amides is 1. The second-order valence-corrected chi connectivity index (χ2v) is 8.00. The molecule has 0 N–H and O–H groups in total. The highest BCUT2D eigenvalue weighted by molar-refractivity contribution is 7.91. The Bertz CT molecular complexity index is 754. The first-order valence-corrected chi connectivity index (χ1v) is 9.51. The van der Waals surface area contributed by atoms with Crippen molar-refractivity contribution in [2.24, 2.45) is 0 Å². The quantitative estimate of drug-likeness (QED) is 0.809. The lowest BCUT2D eigenvalue weighted by Crippen LogP contribution is -2.37. The van der Waals surface area contributed by atoms with Crippen molar-refractivity contribution in [3.63, 3.8) is 0 Å². The summed E-state index contributed by atoms with van der Waals surface area (Å²) in [6, 6.07) is 3.05. The first-order chi connectivity index (χ1) is 11.3. The molecule has 1 atom stereocenters. The predicted molar refractivity (Wildman–Crippen MR) is 93.4 cm³/mol. The Morgan fingerprint density at radius 1 is 1.29 bits per heavy atom. The zero-order chi connectivity index (χ0) is 17.9. The Morgan fingerprint density at radius 3 is 2.50 bits per heavy atom. The van der Waals surface area contributed by atoms with Crippen molar-refractivity contribution < 1.29 is 22.7 Å². The van der Waals surface area contributed by atoms with Crippen molar-refractivity contribution >= 4 is 21.8 Å². The molecule has 0 aliphatic carbocycles. The normalized spacial score (nSPS) is 19.4. The summed E-state index contributed by atoms with van der Waals surface area (Å²) in [6.07, 6.45) is 4.15. The van der Waals surface area contributed by atoms with Gasteiger partial charge >= 0.3 is 0 Å². The number of hydrogen-bond donors (Lipinski definition) is 0. The fourth-order valence-corrected chi connectivity index (χ4v) is 4.65. The molecular formula is C17H23NO5S. The number of nitrogens with zero attached hydrogens (tertiary/aromatic N) is 1. The molecule has 0 spiro atoms. The molecule has 1 aliphatic heterocycles. The molecule has 1 aromatic carbocycles. The van der Waals surface area contributed by atoms with Crippen molar-refractivity contribution in [3.8, 4) is 11.5 Å². The molecule has 0 radical (unpaired) electrons. The number of rotatable bonds is 5. The van der Waals surface area contributed by atoms with E-state index in [0.717, 1.165) is 5.56 Å². The van der Waals surface area contributed by atoms with Crippen molar-refractivity contribution in [1.29, 1.82) is 0 Å². The molecule has 1 amide bonds. The Kier molecular flexibility index (Phi) is 5.54. The van der Waals surface area contributed by atoms with E-state index < -0.39 is 9.84 Å². The van der Waals surface area contributed by atoms with E-state index in [2.05, 4.69) is 0 Å². The van der Waals surface area contributed by atoms with Gasteiger partial charge in [-0.3, -0.25) is 4.79 Å². The van der Waals surface area contributed by atoms with Gasteiger partial charge in [-0.1, -0.05) is 12.2 Å². The maximum atomic E-state index is 12.8. The Balaban J connectivity index is 2.37. The molecule has 24 heavy (non-hydrogen) atoms. The summed E-state index contributed by atoms with van der Waals surface area (Å²) in [5.41, 5.74) is 1.17. The van der Waals surface area contributed by atoms with Gasteiger partial charge in [-0.2, -0.15) is 0 Å². The van der Waals surface area contributed by atoms with Gasteiger partial charge in [0.05, 0.1) is 25.7 Å². The number of ether oxygens (including phenoxy) is 2. The number of allylic oxidation sites excluding steroid dienone is 1. The van der Waals surface area contributed by atoms with E-state index in [9.17, 15) is 13.2 Å². The molecule has 0 aromatic heterocycles. The molecule has 1 heterocycles. The first kappa shape index (κ1) is 18.3. The highest BCUT2D eigenvalue weighted by atomic mass is 32.2. The summed E-state index contributed by atoms with van der Waals surface area (Å²) in [6.45, 7) is 1.87. The zero-order valence-electron chi connectivity index (χ0n) is 14.4. The fourth-order valence-electron chi connectivity index (χ4n) is 2.87. The second kappa shape index (κ2) is 7.25. The molecule has 132 valence electrons. The van der Waals surface area contributed by atoms with Crippen molar-refractivity contribution in [2.75, 3.05) is 32.8 Å². The molecular weight excluding hydrogens is 330 g/mol. The van der Waals surface area contributed by atoms with Gasteiger partial charge in [0.2, 0.25) is 0 Å². The molecule has 0 saturated carbocycles. The van der Waals surface area contributed by atoms with Crippen LogP contribution in [0.4, 0.5) is 0 Å². The van der Waals surface area contributed by atoms with Crippen LogP contribution in [0.15, 0.2) is 18.2 Å². The minimum atomic E-state index is -3.05. The number of benzene rings is 1. The van der Waals surface area contributed by atoms with Crippen LogP contribution >= 0.6 is 0 Å². The average molecular weight is 353 g/mol. The second-order valence-electron chi connectivity index (χ2n) is 5.77. The Morgan fingerprint density at radius 2 is 2.00 bits per heavy atom. The predicted octanol–water partition coefficient (Wildman–Crippen LogP) is 2.00. The van der Waals surface area contributed by atoms with Gasteiger partial charge in [0, 0.05) is 24.2 Å². The maximum Gasteiger partial charge on any atom is 0.254 e. The number of sulfone groups is 1. The van der Waals surface area contributed by atoms with E-state index in [1.54, 1.807) is 26.3 Å². The Hall–Kier alpha value is -2.02. The van der Waals surface area contributed by atoms with Crippen LogP contribution in [0.5, 0.6) is 11.5 Å². The van der Waals surface area contributed by atoms with Gasteiger partial charge in [0.25, 0.3) is 5.91 Å². The largest absolute Gasteiger partial charge is 0.493 e. The number of hydrogen-bond acceptors (Lipinski definition) is 5. The molecule has 7 heteroatoms. The van der Waals surface area contributed by atoms with Gasteiger partial charge in [-0.15, -0.1) is 0 Å². The third-order valence-corrected chi connectivity index (χ3v) is 5.93. The van der Waals surface area contributed by atoms with E-state index in [1.165, 1.54) is 12.0 Å². The molecule has 1 saturated heterocycles. The van der Waals surface area contributed by atoms with E-state index >= 15 is 0 Å². The number of carbonyl (C=O) groups excluding carboxylic acids is 1. The lowest BCUT2D eigenvalue weighted by molar-refractivity contribution is 0.0747. The van der Waals surface area contributed by atoms with Crippen LogP contribution in [0, 0.1) is 0 Å². The zero-order valence-corrected chi connectivity index (χ0v) is 15.2. The third kappa shape index (κ3) is 3.72. The summed E-state index contributed by atoms with van der Waals surface area (Å²) in [4.78, 5) is 14.3. The summed E-state index contributed by atoms with van der Waals surface area (Å²) in [7, 11) is 1.65. The number of carbonyl (C=O) groups is 1. The van der Waals surface area contributed by atoms with Crippen molar-refractivity contribution in [1.82, 2.24) is 4.90 Å². The summed E-state index contributed by atoms with van der Waals surface area (Å²) in [5, 5.41) is 0. The molecule has 1 unspecified atom stereocenters. The van der Waals surface area contributed by atoms with Crippen LogP contribution in [-0.4, -0.2) is 58.0 Å². The lowest BCUT2D eigenvalue weighted by Gasteiger charge is -2.24. The minimum Gasteiger partial charge on any atom is -0.493 e. The van der Waals surface area contributed by atoms with Crippen molar-refractivity contribution in [2.45, 2.75) is 19.4 Å². The average Bonchev–Trinajstić information content (AvgIpc) is 2.92. The van der Waals surface area contributed by atoms with Gasteiger partial charge in [-0.05, 0) is 25.5 Å². The van der Waals surface area contributed by atoms with Gasteiger partial charge in [-0.25, -0.2) is 8.42 Å². The summed E-state index contributed by atoms with van der Waals surface area (Å²) >= 11 is 0. The fraction of sp³-hybridized carbons (Fsp3) is 0.471. The van der Waals surface area contributed by atoms with Crippen LogP contribution in [0.2, 0.25) is 0 Å². The molecule has 6 nitrogen and oxygen atoms in total. The van der Waals surface area contributed by atoms with E-state index in [0.29, 0.717) is 23.5 Å². The van der Waals surface area contributed by atoms with Crippen LogP contribution in [0.25, 0.3) is 6.08 Å². The smallest absolute Gasteiger partial charge is 0.254 e. The maximum absolute atomic E-state index is 12.8. The highest BCUT2D eigenvalue weighted by Crippen LogP contribution is 2.34. The molecule has 0 bridgehead atoms. The minimum absolute atomic E-state index is 0.0181. The standard InChI is InChI=1S/C17H23NO5S/c1-5-6-12-9-13(10-15(22-3)16(12)23-4)17(19)18(2)14-7-8-24(20,21)11-14/h5-6,9-10,14H,7-8,11H2,1-4H3/b6-5+. The van der Waals surface area contributed by atoms with Crippen LogP contribution < -0.4 is 9.47 Å². The lowest BCUT2D eigenvalue weighted by atomic mass is 10.1. The summed E-state index contributed by atoms with van der Waals surface area (Å²) < 4.78 is 34.0. The van der Waals surface area contributed by atoms with E-state index in [4.69, 9.17) is 9.47 Å². The van der Waals surface area contributed by atoms with Gasteiger partial charge in [0.1, 0.15) is 0 Å². The van der Waals surface area contributed by atoms with E-state index in [-0.39, 0.29) is 23.5 Å². The summed E-state index contributed by atoms with van der Waals surface area (Å²) in [5.74, 6) is 0.931. The van der Waals surface area contributed by atoms with Gasteiger partial charge in [0.15, 0.2) is 21.3 Å². The highest BCUT2D eigenvalue weighted by Gasteiger charge is 2.33. The van der Waals surface area contributed by atoms with Crippen LogP contribution in [0.1, 0.15) is 29.3 Å². The monoisotopic (exact) mass is 353 g/mol. The van der Waals surface area contributed by atoms with Crippen molar-refractivity contribution in [3.05, 3.63) is 29.3 Å². The van der Waals surface area contributed by atoms with E-state index in [1.807, 2.05) is 19.1 Å². The topological polar surface area (TPSA) is 72.9 Å². The molecule has 2 rings (SSSR count). The van der Waals surface area contributed by atoms with Crippen LogP contribution in [0.3, 0.4) is 0 Å². The Labute approximate surface area is 143 Å². The van der Waals surface area contributed by atoms with Crippen LogP contribution in [-0.2, 0) is 9.84 Å². The SMILES string of the molecule is C/C=C/c1cc(C(=O)N(C)C2CCS(=O)(=O)C2)cc(OC)c1OC. The molecule has 1 aromatic rings.